The molecule has 1 aliphatic rings. The van der Waals surface area contributed by atoms with Gasteiger partial charge in [0.2, 0.25) is 0 Å². The van der Waals surface area contributed by atoms with E-state index in [0.29, 0.717) is 12.3 Å². The van der Waals surface area contributed by atoms with Crippen LogP contribution < -0.4 is 5.32 Å². The highest BCUT2D eigenvalue weighted by atomic mass is 16.4. The number of carbonyl (C=O) groups is 1. The second-order valence-corrected chi connectivity index (χ2v) is 4.33. The van der Waals surface area contributed by atoms with Crippen LogP contribution in [0.5, 0.6) is 0 Å². The summed E-state index contributed by atoms with van der Waals surface area (Å²) in [7, 11) is 0. The van der Waals surface area contributed by atoms with Gasteiger partial charge in [-0.05, 0) is 24.8 Å². The molecule has 0 saturated carbocycles. The van der Waals surface area contributed by atoms with Crippen LogP contribution in [0.2, 0.25) is 0 Å². The average Bonchev–Trinajstić information content (AvgIpc) is 2.64. The Morgan fingerprint density at radius 2 is 2.13 bits per heavy atom. The molecular weight excluding hydrogens is 190 g/mol. The smallest absolute Gasteiger partial charge is 0.323 e. The molecule has 0 radical (unpaired) electrons. The molecule has 1 aromatic carbocycles. The van der Waals surface area contributed by atoms with Crippen molar-refractivity contribution in [3.05, 3.63) is 35.9 Å². The molecule has 0 aromatic heterocycles. The van der Waals surface area contributed by atoms with E-state index in [4.69, 9.17) is 5.11 Å². The van der Waals surface area contributed by atoms with Gasteiger partial charge in [-0.2, -0.15) is 0 Å². The molecule has 3 heteroatoms. The Hall–Kier alpha value is -1.35. The Bertz CT molecular complexity index is 363. The summed E-state index contributed by atoms with van der Waals surface area (Å²) in [6, 6.07) is 10.1. The highest BCUT2D eigenvalue weighted by Gasteiger charge is 2.41. The van der Waals surface area contributed by atoms with Crippen LogP contribution in [0, 0.1) is 0 Å². The lowest BCUT2D eigenvalue weighted by Gasteiger charge is -2.18. The van der Waals surface area contributed by atoms with Gasteiger partial charge < -0.3 is 10.4 Å². The first-order valence-electron chi connectivity index (χ1n) is 5.15. The van der Waals surface area contributed by atoms with Crippen LogP contribution in [0.15, 0.2) is 30.3 Å². The topological polar surface area (TPSA) is 49.3 Å². The van der Waals surface area contributed by atoms with Gasteiger partial charge in [0.05, 0.1) is 0 Å². The van der Waals surface area contributed by atoms with Crippen LogP contribution in [0.3, 0.4) is 0 Å². The third-order valence-corrected chi connectivity index (χ3v) is 3.14. The molecule has 1 aromatic rings. The molecule has 1 fully saturated rings. The van der Waals surface area contributed by atoms with Crippen LogP contribution in [0.4, 0.5) is 0 Å². The highest BCUT2D eigenvalue weighted by Crippen LogP contribution is 2.31. The first-order chi connectivity index (χ1) is 7.12. The minimum atomic E-state index is -0.763. The summed E-state index contributed by atoms with van der Waals surface area (Å²) in [6.07, 6.45) is 0.659. The summed E-state index contributed by atoms with van der Waals surface area (Å²) < 4.78 is 0. The van der Waals surface area contributed by atoms with Crippen molar-refractivity contribution in [2.24, 2.45) is 0 Å². The van der Waals surface area contributed by atoms with Gasteiger partial charge in [-0.25, -0.2) is 0 Å². The van der Waals surface area contributed by atoms with E-state index in [1.807, 2.05) is 18.2 Å². The van der Waals surface area contributed by atoms with Gasteiger partial charge in [0.25, 0.3) is 0 Å². The molecule has 0 bridgehead atoms. The Morgan fingerprint density at radius 3 is 2.67 bits per heavy atom. The third kappa shape index (κ3) is 1.88. The maximum absolute atomic E-state index is 11.0. The number of benzene rings is 1. The Labute approximate surface area is 89.1 Å². The fourth-order valence-corrected chi connectivity index (χ4v) is 2.11. The van der Waals surface area contributed by atoms with E-state index in [2.05, 4.69) is 17.4 Å². The van der Waals surface area contributed by atoms with E-state index in [1.54, 1.807) is 6.92 Å². The van der Waals surface area contributed by atoms with Crippen molar-refractivity contribution in [1.29, 1.82) is 0 Å². The second kappa shape index (κ2) is 3.66. The summed E-state index contributed by atoms with van der Waals surface area (Å²) in [4.78, 5) is 11.0. The van der Waals surface area contributed by atoms with Crippen LogP contribution in [-0.2, 0) is 4.79 Å². The molecule has 0 amide bonds. The second-order valence-electron chi connectivity index (χ2n) is 4.33. The van der Waals surface area contributed by atoms with Crippen LogP contribution >= 0.6 is 0 Å². The summed E-state index contributed by atoms with van der Waals surface area (Å²) in [6.45, 7) is 2.49. The van der Waals surface area contributed by atoms with E-state index >= 15 is 0 Å². The summed E-state index contributed by atoms with van der Waals surface area (Å²) in [5, 5.41) is 12.2. The molecule has 80 valence electrons. The number of hydrogen-bond donors (Lipinski definition) is 2. The molecule has 1 aliphatic heterocycles. The number of rotatable bonds is 2. The Kier molecular flexibility index (Phi) is 2.49. The zero-order chi connectivity index (χ0) is 10.9. The highest BCUT2D eigenvalue weighted by molar-refractivity contribution is 5.79. The molecule has 2 rings (SSSR count). The van der Waals surface area contributed by atoms with Gasteiger partial charge in [0.15, 0.2) is 0 Å². The fourth-order valence-electron chi connectivity index (χ4n) is 2.11. The van der Waals surface area contributed by atoms with Crippen LogP contribution in [0.1, 0.15) is 24.8 Å². The molecule has 1 saturated heterocycles. The zero-order valence-electron chi connectivity index (χ0n) is 8.73. The third-order valence-electron chi connectivity index (χ3n) is 3.14. The van der Waals surface area contributed by atoms with Crippen LogP contribution in [-0.4, -0.2) is 23.2 Å². The predicted octanol–water partition coefficient (Wildman–Crippen LogP) is 1.61. The van der Waals surface area contributed by atoms with Gasteiger partial charge in [0.1, 0.15) is 5.54 Å². The SMILES string of the molecule is CC1(C(=O)O)C[C@@H](c2ccccc2)CN1. The minimum absolute atomic E-state index is 0.312. The summed E-state index contributed by atoms with van der Waals surface area (Å²) >= 11 is 0. The summed E-state index contributed by atoms with van der Waals surface area (Å²) in [5.41, 5.74) is 0.454. The van der Waals surface area contributed by atoms with Crippen molar-refractivity contribution >= 4 is 5.97 Å². The van der Waals surface area contributed by atoms with Gasteiger partial charge in [-0.1, -0.05) is 30.3 Å². The fraction of sp³-hybridized carbons (Fsp3) is 0.417. The van der Waals surface area contributed by atoms with Crippen molar-refractivity contribution in [2.75, 3.05) is 6.54 Å². The van der Waals surface area contributed by atoms with Crippen molar-refractivity contribution < 1.29 is 9.90 Å². The lowest BCUT2D eigenvalue weighted by Crippen LogP contribution is -2.44. The minimum Gasteiger partial charge on any atom is -0.480 e. The number of aliphatic carboxylic acids is 1. The lowest BCUT2D eigenvalue weighted by molar-refractivity contribution is -0.143. The van der Waals surface area contributed by atoms with Crippen molar-refractivity contribution in [1.82, 2.24) is 5.32 Å². The number of nitrogens with one attached hydrogen (secondary N) is 1. The molecule has 0 spiro atoms. The molecule has 1 heterocycles. The largest absolute Gasteiger partial charge is 0.480 e. The maximum atomic E-state index is 11.0. The van der Waals surface area contributed by atoms with Gasteiger partial charge >= 0.3 is 5.97 Å². The summed E-state index contributed by atoms with van der Waals surface area (Å²) in [5.74, 6) is -0.451. The first-order valence-corrected chi connectivity index (χ1v) is 5.15. The van der Waals surface area contributed by atoms with Gasteiger partial charge in [0, 0.05) is 6.54 Å². The normalized spacial score (nSPS) is 30.3. The van der Waals surface area contributed by atoms with Crippen molar-refractivity contribution in [2.45, 2.75) is 24.8 Å². The molecule has 2 N–H and O–H groups in total. The monoisotopic (exact) mass is 205 g/mol. The van der Waals surface area contributed by atoms with E-state index < -0.39 is 11.5 Å². The zero-order valence-corrected chi connectivity index (χ0v) is 8.73. The average molecular weight is 205 g/mol. The van der Waals surface area contributed by atoms with E-state index in [1.165, 1.54) is 5.56 Å². The molecule has 15 heavy (non-hydrogen) atoms. The Morgan fingerprint density at radius 1 is 1.47 bits per heavy atom. The molecule has 2 atom stereocenters. The maximum Gasteiger partial charge on any atom is 0.323 e. The van der Waals surface area contributed by atoms with Crippen molar-refractivity contribution in [3.63, 3.8) is 0 Å². The molecular formula is C12H15NO2. The van der Waals surface area contributed by atoms with Gasteiger partial charge in [-0.3, -0.25) is 4.79 Å². The lowest BCUT2D eigenvalue weighted by atomic mass is 9.90. The predicted molar refractivity (Wildman–Crippen MR) is 57.8 cm³/mol. The van der Waals surface area contributed by atoms with Crippen LogP contribution in [0.25, 0.3) is 0 Å². The van der Waals surface area contributed by atoms with Crippen molar-refractivity contribution in [3.8, 4) is 0 Å². The number of hydrogen-bond acceptors (Lipinski definition) is 2. The Balaban J connectivity index is 2.14. The molecule has 3 nitrogen and oxygen atoms in total. The number of carboxylic acid groups (broad SMARTS) is 1. The number of carboxylic acids is 1. The quantitative estimate of drug-likeness (QED) is 0.771. The van der Waals surface area contributed by atoms with E-state index in [-0.39, 0.29) is 0 Å². The van der Waals surface area contributed by atoms with E-state index in [9.17, 15) is 4.79 Å². The standard InChI is InChI=1S/C12H15NO2/c1-12(11(14)15)7-10(8-13-12)9-5-3-2-4-6-9/h2-6,10,13H,7-8H2,1H3,(H,14,15)/t10-,12?/m1/s1. The molecule has 0 aliphatic carbocycles. The molecule has 1 unspecified atom stereocenters. The van der Waals surface area contributed by atoms with Gasteiger partial charge in [-0.15, -0.1) is 0 Å². The first kappa shape index (κ1) is 10.2. The van der Waals surface area contributed by atoms with E-state index in [0.717, 1.165) is 6.54 Å².